The summed E-state index contributed by atoms with van der Waals surface area (Å²) in [6, 6.07) is 2.63. The van der Waals surface area contributed by atoms with Crippen LogP contribution in [0.4, 0.5) is 24.5 Å². The molecule has 8 heteroatoms. The minimum absolute atomic E-state index is 0.0173. The lowest BCUT2D eigenvalue weighted by atomic mass is 9.98. The van der Waals surface area contributed by atoms with Crippen LogP contribution in [0, 0.1) is 5.92 Å². The Morgan fingerprint density at radius 2 is 2.08 bits per heavy atom. The van der Waals surface area contributed by atoms with Crippen molar-refractivity contribution < 1.29 is 22.8 Å². The van der Waals surface area contributed by atoms with Crippen LogP contribution in [0.25, 0.3) is 0 Å². The smallest absolute Gasteiger partial charge is 0.323 e. The molecule has 3 rings (SSSR count). The molecule has 1 fully saturated rings. The van der Waals surface area contributed by atoms with Crippen LogP contribution in [0.2, 0.25) is 0 Å². The number of nitrogens with one attached hydrogen (secondary N) is 1. The standard InChI is InChI=1S/C18H22F3N3O2/c1-11-4-3-7-23(9-11)12(2)17(26)24-10-16(25)22-14-8-13(18(19,20)21)5-6-15(14)24/h5-6,8,11-12H,3-4,7,9-10H2,1-2H3,(H,22,25). The number of hydrogen-bond donors (Lipinski definition) is 1. The number of likely N-dealkylation sites (tertiary alicyclic amines) is 1. The average Bonchev–Trinajstić information content (AvgIpc) is 2.58. The number of nitrogens with zero attached hydrogens (tertiary/aromatic N) is 2. The van der Waals surface area contributed by atoms with Gasteiger partial charge in [-0.15, -0.1) is 0 Å². The van der Waals surface area contributed by atoms with Crippen LogP contribution in [0.5, 0.6) is 0 Å². The first-order valence-electron chi connectivity index (χ1n) is 8.73. The van der Waals surface area contributed by atoms with Gasteiger partial charge in [0.25, 0.3) is 0 Å². The highest BCUT2D eigenvalue weighted by molar-refractivity contribution is 6.11. The van der Waals surface area contributed by atoms with Gasteiger partial charge < -0.3 is 5.32 Å². The number of benzene rings is 1. The molecule has 0 aliphatic carbocycles. The summed E-state index contributed by atoms with van der Waals surface area (Å²) < 4.78 is 38.8. The molecule has 142 valence electrons. The van der Waals surface area contributed by atoms with Gasteiger partial charge in [0, 0.05) is 6.54 Å². The van der Waals surface area contributed by atoms with Crippen LogP contribution >= 0.6 is 0 Å². The van der Waals surface area contributed by atoms with Crippen LogP contribution in [-0.2, 0) is 15.8 Å². The maximum absolute atomic E-state index is 13.0. The monoisotopic (exact) mass is 369 g/mol. The molecule has 1 N–H and O–H groups in total. The van der Waals surface area contributed by atoms with Crippen molar-refractivity contribution in [3.63, 3.8) is 0 Å². The maximum atomic E-state index is 13.0. The summed E-state index contributed by atoms with van der Waals surface area (Å²) in [5, 5.41) is 2.44. The Morgan fingerprint density at radius 3 is 2.73 bits per heavy atom. The van der Waals surface area contributed by atoms with Gasteiger partial charge in [0.05, 0.1) is 23.0 Å². The lowest BCUT2D eigenvalue weighted by Crippen LogP contribution is -2.53. The van der Waals surface area contributed by atoms with Gasteiger partial charge in [-0.05, 0) is 50.4 Å². The predicted molar refractivity (Wildman–Crippen MR) is 91.9 cm³/mol. The molecular formula is C18H22F3N3O2. The number of amides is 2. The second-order valence-corrected chi connectivity index (χ2v) is 7.12. The van der Waals surface area contributed by atoms with Gasteiger partial charge in [0.2, 0.25) is 11.8 Å². The summed E-state index contributed by atoms with van der Waals surface area (Å²) in [6.45, 7) is 5.33. The molecule has 2 unspecified atom stereocenters. The number of piperidine rings is 1. The number of halogens is 3. The van der Waals surface area contributed by atoms with E-state index >= 15 is 0 Å². The molecule has 0 spiro atoms. The van der Waals surface area contributed by atoms with Crippen molar-refractivity contribution in [1.29, 1.82) is 0 Å². The Balaban J connectivity index is 1.87. The lowest BCUT2D eigenvalue weighted by molar-refractivity contribution is -0.137. The normalized spacial score (nSPS) is 22.6. The van der Waals surface area contributed by atoms with E-state index in [2.05, 4.69) is 17.1 Å². The fourth-order valence-electron chi connectivity index (χ4n) is 3.62. The summed E-state index contributed by atoms with van der Waals surface area (Å²) in [4.78, 5) is 28.3. The summed E-state index contributed by atoms with van der Waals surface area (Å²) in [5.41, 5.74) is -0.535. The molecule has 0 radical (unpaired) electrons. The van der Waals surface area contributed by atoms with Crippen molar-refractivity contribution in [3.05, 3.63) is 23.8 Å². The molecule has 2 aliphatic heterocycles. The molecule has 2 heterocycles. The fraction of sp³-hybridized carbons (Fsp3) is 0.556. The van der Waals surface area contributed by atoms with Crippen LogP contribution in [-0.4, -0.2) is 42.4 Å². The van der Waals surface area contributed by atoms with Gasteiger partial charge in [0.1, 0.15) is 6.54 Å². The van der Waals surface area contributed by atoms with E-state index in [0.29, 0.717) is 11.6 Å². The van der Waals surface area contributed by atoms with E-state index in [9.17, 15) is 22.8 Å². The van der Waals surface area contributed by atoms with Crippen molar-refractivity contribution in [2.24, 2.45) is 5.92 Å². The van der Waals surface area contributed by atoms with E-state index in [0.717, 1.165) is 38.1 Å². The lowest BCUT2D eigenvalue weighted by Gasteiger charge is -2.38. The maximum Gasteiger partial charge on any atom is 0.416 e. The van der Waals surface area contributed by atoms with Crippen LogP contribution < -0.4 is 10.2 Å². The molecule has 2 aliphatic rings. The third kappa shape index (κ3) is 3.70. The summed E-state index contributed by atoms with van der Waals surface area (Å²) in [5.74, 6) is -0.273. The van der Waals surface area contributed by atoms with Crippen molar-refractivity contribution in [1.82, 2.24) is 4.90 Å². The summed E-state index contributed by atoms with van der Waals surface area (Å²) in [7, 11) is 0. The number of rotatable bonds is 2. The first kappa shape index (κ1) is 18.7. The van der Waals surface area contributed by atoms with Crippen molar-refractivity contribution >= 4 is 23.2 Å². The Bertz CT molecular complexity index is 720. The first-order chi connectivity index (χ1) is 12.2. The Labute approximate surface area is 150 Å². The largest absolute Gasteiger partial charge is 0.416 e. The highest BCUT2D eigenvalue weighted by Crippen LogP contribution is 2.37. The number of hydrogen-bond acceptors (Lipinski definition) is 3. The SMILES string of the molecule is CC1CCCN(C(C)C(=O)N2CC(=O)Nc3cc(C(F)(F)F)ccc32)C1. The number of anilines is 2. The number of carbonyl (C=O) groups is 2. The zero-order valence-electron chi connectivity index (χ0n) is 14.8. The quantitative estimate of drug-likeness (QED) is 0.872. The topological polar surface area (TPSA) is 52.7 Å². The minimum atomic E-state index is -4.51. The van der Waals surface area contributed by atoms with E-state index in [-0.39, 0.29) is 18.1 Å². The Morgan fingerprint density at radius 1 is 1.35 bits per heavy atom. The number of alkyl halides is 3. The number of carbonyl (C=O) groups excluding carboxylic acids is 2. The Kier molecular flexibility index (Phi) is 4.96. The highest BCUT2D eigenvalue weighted by atomic mass is 19.4. The van der Waals surface area contributed by atoms with Crippen molar-refractivity contribution in [3.8, 4) is 0 Å². The first-order valence-corrected chi connectivity index (χ1v) is 8.73. The summed E-state index contributed by atoms with van der Waals surface area (Å²) in [6.07, 6.45) is -2.39. The molecule has 2 amide bonds. The van der Waals surface area contributed by atoms with Gasteiger partial charge in [-0.2, -0.15) is 13.2 Å². The molecular weight excluding hydrogens is 347 g/mol. The molecule has 1 saturated heterocycles. The molecule has 26 heavy (non-hydrogen) atoms. The van der Waals surface area contributed by atoms with Crippen LogP contribution in [0.15, 0.2) is 18.2 Å². The molecule has 0 saturated carbocycles. The van der Waals surface area contributed by atoms with Crippen molar-refractivity contribution in [2.45, 2.75) is 38.9 Å². The fourth-order valence-corrected chi connectivity index (χ4v) is 3.62. The zero-order valence-corrected chi connectivity index (χ0v) is 14.8. The van der Waals surface area contributed by atoms with E-state index in [1.165, 1.54) is 11.0 Å². The Hall–Kier alpha value is -2.09. The molecule has 0 bridgehead atoms. The van der Waals surface area contributed by atoms with E-state index in [1.54, 1.807) is 6.92 Å². The van der Waals surface area contributed by atoms with Gasteiger partial charge in [-0.25, -0.2) is 0 Å². The van der Waals surface area contributed by atoms with E-state index < -0.39 is 23.7 Å². The molecule has 0 aromatic heterocycles. The van der Waals surface area contributed by atoms with Crippen LogP contribution in [0.1, 0.15) is 32.3 Å². The molecule has 1 aromatic rings. The molecule has 1 aromatic carbocycles. The van der Waals surface area contributed by atoms with Gasteiger partial charge in [-0.1, -0.05) is 6.92 Å². The minimum Gasteiger partial charge on any atom is -0.323 e. The third-order valence-electron chi connectivity index (χ3n) is 5.05. The third-order valence-corrected chi connectivity index (χ3v) is 5.05. The number of fused-ring (bicyclic) bond motifs is 1. The summed E-state index contributed by atoms with van der Waals surface area (Å²) >= 11 is 0. The zero-order chi connectivity index (χ0) is 19.1. The van der Waals surface area contributed by atoms with Crippen LogP contribution in [0.3, 0.4) is 0 Å². The van der Waals surface area contributed by atoms with Gasteiger partial charge in [-0.3, -0.25) is 19.4 Å². The van der Waals surface area contributed by atoms with Crippen molar-refractivity contribution in [2.75, 3.05) is 29.9 Å². The average molecular weight is 369 g/mol. The second kappa shape index (κ2) is 6.90. The molecule has 5 nitrogen and oxygen atoms in total. The van der Waals surface area contributed by atoms with Gasteiger partial charge in [0.15, 0.2) is 0 Å². The predicted octanol–water partition coefficient (Wildman–Crippen LogP) is 3.11. The highest BCUT2D eigenvalue weighted by Gasteiger charge is 2.36. The molecule has 2 atom stereocenters. The van der Waals surface area contributed by atoms with E-state index in [1.807, 2.05) is 0 Å². The van der Waals surface area contributed by atoms with E-state index in [4.69, 9.17) is 0 Å². The second-order valence-electron chi connectivity index (χ2n) is 7.12. The van der Waals surface area contributed by atoms with Gasteiger partial charge >= 0.3 is 6.18 Å².